The quantitative estimate of drug-likeness (QED) is 0.686. The van der Waals surface area contributed by atoms with Crippen molar-refractivity contribution in [3.8, 4) is 0 Å². The third-order valence-corrected chi connectivity index (χ3v) is 3.44. The molecule has 0 aromatic carbocycles. The maximum Gasteiger partial charge on any atom is 0.242 e. The normalized spacial score (nSPS) is 20.9. The minimum atomic E-state index is -0.478. The molecule has 2 atom stereocenters. The third-order valence-electron chi connectivity index (χ3n) is 3.44. The Morgan fingerprint density at radius 1 is 1.37 bits per heavy atom. The first kappa shape index (κ1) is 16.0. The molecule has 0 spiro atoms. The van der Waals surface area contributed by atoms with Gasteiger partial charge in [-0.1, -0.05) is 20.8 Å². The van der Waals surface area contributed by atoms with E-state index in [9.17, 15) is 9.59 Å². The highest BCUT2D eigenvalue weighted by Gasteiger charge is 2.25. The van der Waals surface area contributed by atoms with Crippen molar-refractivity contribution in [3.63, 3.8) is 0 Å². The molecule has 5 nitrogen and oxygen atoms in total. The van der Waals surface area contributed by atoms with Crippen LogP contribution in [0.1, 0.15) is 40.5 Å². The summed E-state index contributed by atoms with van der Waals surface area (Å²) in [6.07, 6.45) is 2.19. The number of nitrogens with one attached hydrogen (secondary N) is 3. The third kappa shape index (κ3) is 5.59. The molecule has 1 aliphatic rings. The van der Waals surface area contributed by atoms with Gasteiger partial charge in [-0.15, -0.1) is 0 Å². The minimum absolute atomic E-state index is 0.102. The van der Waals surface area contributed by atoms with Gasteiger partial charge in [-0.25, -0.2) is 0 Å². The molecular formula is C14H27N3O2. The molecule has 19 heavy (non-hydrogen) atoms. The average molecular weight is 269 g/mol. The highest BCUT2D eigenvalue weighted by Crippen LogP contribution is 2.13. The standard InChI is InChI=1S/C14H27N3O2/c1-10(17-13(19)14(2,3)4)12(18)16-8-6-11-5-7-15-9-11/h10-11,15H,5-9H2,1-4H3,(H,16,18)(H,17,19). The zero-order valence-corrected chi connectivity index (χ0v) is 12.5. The van der Waals surface area contributed by atoms with Crippen LogP contribution in [0.2, 0.25) is 0 Å². The fourth-order valence-electron chi connectivity index (χ4n) is 1.99. The van der Waals surface area contributed by atoms with E-state index in [1.165, 1.54) is 6.42 Å². The van der Waals surface area contributed by atoms with E-state index in [0.29, 0.717) is 12.5 Å². The monoisotopic (exact) mass is 269 g/mol. The maximum atomic E-state index is 11.8. The van der Waals surface area contributed by atoms with E-state index in [1.807, 2.05) is 20.8 Å². The van der Waals surface area contributed by atoms with Crippen LogP contribution in [0.15, 0.2) is 0 Å². The molecule has 1 fully saturated rings. The van der Waals surface area contributed by atoms with Gasteiger partial charge < -0.3 is 16.0 Å². The van der Waals surface area contributed by atoms with Gasteiger partial charge in [0.1, 0.15) is 6.04 Å². The molecule has 0 saturated carbocycles. The minimum Gasteiger partial charge on any atom is -0.354 e. The zero-order valence-electron chi connectivity index (χ0n) is 12.5. The first-order valence-corrected chi connectivity index (χ1v) is 7.10. The van der Waals surface area contributed by atoms with Gasteiger partial charge in [0.2, 0.25) is 11.8 Å². The molecule has 0 bridgehead atoms. The Bertz CT molecular complexity index is 317. The summed E-state index contributed by atoms with van der Waals surface area (Å²) in [7, 11) is 0. The van der Waals surface area contributed by atoms with E-state index in [-0.39, 0.29) is 11.8 Å². The summed E-state index contributed by atoms with van der Waals surface area (Å²) in [5.41, 5.74) is -0.468. The SMILES string of the molecule is CC(NC(=O)C(C)(C)C)C(=O)NCCC1CCNC1. The van der Waals surface area contributed by atoms with Crippen LogP contribution in [-0.2, 0) is 9.59 Å². The second-order valence-electron chi connectivity index (χ2n) is 6.38. The van der Waals surface area contributed by atoms with Gasteiger partial charge in [-0.3, -0.25) is 9.59 Å². The Balaban J connectivity index is 2.22. The van der Waals surface area contributed by atoms with Crippen molar-refractivity contribution in [1.82, 2.24) is 16.0 Å². The lowest BCUT2D eigenvalue weighted by Gasteiger charge is -2.21. The molecule has 5 heteroatoms. The van der Waals surface area contributed by atoms with Crippen LogP contribution in [0.4, 0.5) is 0 Å². The Morgan fingerprint density at radius 3 is 2.58 bits per heavy atom. The van der Waals surface area contributed by atoms with Crippen molar-refractivity contribution in [1.29, 1.82) is 0 Å². The zero-order chi connectivity index (χ0) is 14.5. The number of carbonyl (C=O) groups excluding carboxylic acids is 2. The predicted molar refractivity (Wildman–Crippen MR) is 75.7 cm³/mol. The summed E-state index contributed by atoms with van der Waals surface area (Å²) in [5, 5.41) is 8.93. The van der Waals surface area contributed by atoms with Gasteiger partial charge >= 0.3 is 0 Å². The lowest BCUT2D eigenvalue weighted by Crippen LogP contribution is -2.48. The summed E-state index contributed by atoms with van der Waals surface area (Å²) < 4.78 is 0. The van der Waals surface area contributed by atoms with E-state index in [4.69, 9.17) is 0 Å². The van der Waals surface area contributed by atoms with Gasteiger partial charge in [0, 0.05) is 12.0 Å². The van der Waals surface area contributed by atoms with Crippen LogP contribution in [0.3, 0.4) is 0 Å². The topological polar surface area (TPSA) is 70.2 Å². The summed E-state index contributed by atoms with van der Waals surface area (Å²) in [6, 6.07) is -0.478. The number of hydrogen-bond acceptors (Lipinski definition) is 3. The molecule has 2 unspecified atom stereocenters. The molecule has 0 aromatic rings. The van der Waals surface area contributed by atoms with Gasteiger partial charge in [0.15, 0.2) is 0 Å². The molecule has 0 aromatic heterocycles. The summed E-state index contributed by atoms with van der Waals surface area (Å²) in [4.78, 5) is 23.6. The molecule has 110 valence electrons. The molecule has 1 saturated heterocycles. The number of rotatable bonds is 5. The fourth-order valence-corrected chi connectivity index (χ4v) is 1.99. The first-order valence-electron chi connectivity index (χ1n) is 7.10. The summed E-state index contributed by atoms with van der Waals surface area (Å²) in [6.45, 7) is 10.0. The lowest BCUT2D eigenvalue weighted by molar-refractivity contribution is -0.133. The number of hydrogen-bond donors (Lipinski definition) is 3. The van der Waals surface area contributed by atoms with Crippen molar-refractivity contribution in [2.24, 2.45) is 11.3 Å². The van der Waals surface area contributed by atoms with Crippen LogP contribution in [0.5, 0.6) is 0 Å². The van der Waals surface area contributed by atoms with Crippen LogP contribution in [-0.4, -0.2) is 37.5 Å². The fraction of sp³-hybridized carbons (Fsp3) is 0.857. The van der Waals surface area contributed by atoms with Gasteiger partial charge in [0.25, 0.3) is 0 Å². The van der Waals surface area contributed by atoms with E-state index in [0.717, 1.165) is 19.5 Å². The van der Waals surface area contributed by atoms with Crippen LogP contribution in [0.25, 0.3) is 0 Å². The second kappa shape index (κ2) is 6.89. The van der Waals surface area contributed by atoms with E-state index >= 15 is 0 Å². The highest BCUT2D eigenvalue weighted by atomic mass is 16.2. The van der Waals surface area contributed by atoms with Crippen molar-refractivity contribution in [2.75, 3.05) is 19.6 Å². The van der Waals surface area contributed by atoms with Crippen LogP contribution in [0, 0.1) is 11.3 Å². The molecule has 1 aliphatic heterocycles. The predicted octanol–water partition coefficient (Wildman–Crippen LogP) is 0.653. The molecule has 0 aliphatic carbocycles. The smallest absolute Gasteiger partial charge is 0.242 e. The second-order valence-corrected chi connectivity index (χ2v) is 6.38. The van der Waals surface area contributed by atoms with Crippen molar-refractivity contribution in [2.45, 2.75) is 46.6 Å². The van der Waals surface area contributed by atoms with Gasteiger partial charge in [0.05, 0.1) is 0 Å². The average Bonchev–Trinajstić information content (AvgIpc) is 2.80. The maximum absolute atomic E-state index is 11.8. The molecule has 1 rings (SSSR count). The van der Waals surface area contributed by atoms with Crippen LogP contribution >= 0.6 is 0 Å². The Labute approximate surface area is 115 Å². The van der Waals surface area contributed by atoms with Crippen LogP contribution < -0.4 is 16.0 Å². The van der Waals surface area contributed by atoms with Crippen molar-refractivity contribution < 1.29 is 9.59 Å². The van der Waals surface area contributed by atoms with E-state index in [2.05, 4.69) is 16.0 Å². The Kier molecular flexibility index (Phi) is 5.79. The highest BCUT2D eigenvalue weighted by molar-refractivity contribution is 5.89. The van der Waals surface area contributed by atoms with Gasteiger partial charge in [-0.05, 0) is 38.8 Å². The van der Waals surface area contributed by atoms with E-state index < -0.39 is 11.5 Å². The molecule has 2 amide bonds. The number of carbonyl (C=O) groups is 2. The Morgan fingerprint density at radius 2 is 2.05 bits per heavy atom. The first-order chi connectivity index (χ1) is 8.80. The van der Waals surface area contributed by atoms with Gasteiger partial charge in [-0.2, -0.15) is 0 Å². The summed E-state index contributed by atoms with van der Waals surface area (Å²) >= 11 is 0. The summed E-state index contributed by atoms with van der Waals surface area (Å²) in [5.74, 6) is 0.457. The molecular weight excluding hydrogens is 242 g/mol. The van der Waals surface area contributed by atoms with E-state index in [1.54, 1.807) is 6.92 Å². The lowest BCUT2D eigenvalue weighted by atomic mass is 9.95. The molecule has 3 N–H and O–H groups in total. The molecule has 0 radical (unpaired) electrons. The molecule has 1 heterocycles. The largest absolute Gasteiger partial charge is 0.354 e. The Hall–Kier alpha value is -1.10. The number of amides is 2. The van der Waals surface area contributed by atoms with Crippen molar-refractivity contribution in [3.05, 3.63) is 0 Å². The van der Waals surface area contributed by atoms with Crippen molar-refractivity contribution >= 4 is 11.8 Å².